The van der Waals surface area contributed by atoms with E-state index in [1.54, 1.807) is 0 Å². The molecule has 0 spiro atoms. The lowest BCUT2D eigenvalue weighted by molar-refractivity contribution is -0.137. The lowest BCUT2D eigenvalue weighted by Gasteiger charge is -2.31. The summed E-state index contributed by atoms with van der Waals surface area (Å²) in [7, 11) is 0. The number of imide groups is 1. The molecule has 1 aliphatic heterocycles. The highest BCUT2D eigenvalue weighted by Crippen LogP contribution is 2.25. The third kappa shape index (κ3) is 3.17. The molecule has 18 heavy (non-hydrogen) atoms. The van der Waals surface area contributed by atoms with Crippen molar-refractivity contribution in [1.82, 2.24) is 10.2 Å². The predicted molar refractivity (Wildman–Crippen MR) is 66.7 cm³/mol. The van der Waals surface area contributed by atoms with Crippen molar-refractivity contribution in [2.75, 3.05) is 19.7 Å². The van der Waals surface area contributed by atoms with Gasteiger partial charge in [0.05, 0.1) is 6.61 Å². The standard InChI is InChI=1S/C13H20N2O3/c16-8-7-14-11-3-1-10(2-4-11)9-15-12(17)5-6-13(15)18/h5-6,10-11,14,16H,1-4,7-9H2. The molecule has 2 amide bonds. The average molecular weight is 252 g/mol. The van der Waals surface area contributed by atoms with Gasteiger partial charge in [-0.25, -0.2) is 0 Å². The molecule has 0 saturated heterocycles. The molecular weight excluding hydrogens is 232 g/mol. The van der Waals surface area contributed by atoms with Gasteiger partial charge in [-0.1, -0.05) is 0 Å². The van der Waals surface area contributed by atoms with Crippen LogP contribution in [0.15, 0.2) is 12.2 Å². The fourth-order valence-electron chi connectivity index (χ4n) is 2.69. The number of nitrogens with zero attached hydrogens (tertiary/aromatic N) is 1. The lowest BCUT2D eigenvalue weighted by Crippen LogP contribution is -2.39. The predicted octanol–water partition coefficient (Wildman–Crippen LogP) is 0.0521. The first kappa shape index (κ1) is 13.2. The molecule has 1 heterocycles. The van der Waals surface area contributed by atoms with Crippen LogP contribution in [0, 0.1) is 5.92 Å². The molecule has 0 aromatic heterocycles. The number of aliphatic hydroxyl groups is 1. The van der Waals surface area contributed by atoms with Crippen LogP contribution in [-0.2, 0) is 9.59 Å². The highest BCUT2D eigenvalue weighted by molar-refractivity contribution is 6.12. The minimum absolute atomic E-state index is 0.169. The van der Waals surface area contributed by atoms with Crippen LogP contribution >= 0.6 is 0 Å². The third-order valence-corrected chi connectivity index (χ3v) is 3.73. The summed E-state index contributed by atoms with van der Waals surface area (Å²) >= 11 is 0. The van der Waals surface area contributed by atoms with Gasteiger partial charge >= 0.3 is 0 Å². The van der Waals surface area contributed by atoms with Crippen LogP contribution in [0.3, 0.4) is 0 Å². The molecule has 2 rings (SSSR count). The molecule has 2 N–H and O–H groups in total. The van der Waals surface area contributed by atoms with Crippen molar-refractivity contribution in [2.45, 2.75) is 31.7 Å². The highest BCUT2D eigenvalue weighted by Gasteiger charge is 2.28. The first-order valence-corrected chi connectivity index (χ1v) is 6.58. The smallest absolute Gasteiger partial charge is 0.253 e. The number of hydrogen-bond donors (Lipinski definition) is 2. The molecule has 2 aliphatic rings. The van der Waals surface area contributed by atoms with E-state index < -0.39 is 0 Å². The molecule has 0 radical (unpaired) electrons. The number of carbonyl (C=O) groups excluding carboxylic acids is 2. The molecule has 0 atom stereocenters. The number of hydrogen-bond acceptors (Lipinski definition) is 4. The molecule has 100 valence electrons. The Bertz CT molecular complexity index is 328. The number of nitrogens with one attached hydrogen (secondary N) is 1. The van der Waals surface area contributed by atoms with Crippen LogP contribution in [0.25, 0.3) is 0 Å². The fraction of sp³-hybridized carbons (Fsp3) is 0.692. The van der Waals surface area contributed by atoms with Gasteiger partial charge in [0.25, 0.3) is 11.8 Å². The Hall–Kier alpha value is -1.20. The molecule has 5 heteroatoms. The zero-order valence-electron chi connectivity index (χ0n) is 10.5. The van der Waals surface area contributed by atoms with Crippen molar-refractivity contribution in [1.29, 1.82) is 0 Å². The van der Waals surface area contributed by atoms with E-state index in [0.717, 1.165) is 25.7 Å². The van der Waals surface area contributed by atoms with E-state index in [2.05, 4.69) is 5.32 Å². The first-order valence-electron chi connectivity index (χ1n) is 6.58. The van der Waals surface area contributed by atoms with Gasteiger partial charge in [0.2, 0.25) is 0 Å². The van der Waals surface area contributed by atoms with Crippen LogP contribution in [0.5, 0.6) is 0 Å². The van der Waals surface area contributed by atoms with E-state index in [1.165, 1.54) is 17.1 Å². The van der Waals surface area contributed by atoms with Crippen molar-refractivity contribution >= 4 is 11.8 Å². The molecule has 1 saturated carbocycles. The Kier molecular flexibility index (Phi) is 4.49. The van der Waals surface area contributed by atoms with Crippen LogP contribution in [0.1, 0.15) is 25.7 Å². The van der Waals surface area contributed by atoms with Crippen molar-refractivity contribution in [3.05, 3.63) is 12.2 Å². The van der Waals surface area contributed by atoms with E-state index >= 15 is 0 Å². The van der Waals surface area contributed by atoms with Crippen molar-refractivity contribution in [3.8, 4) is 0 Å². The Morgan fingerprint density at radius 3 is 2.33 bits per heavy atom. The second-order valence-corrected chi connectivity index (χ2v) is 5.02. The van der Waals surface area contributed by atoms with Gasteiger partial charge < -0.3 is 10.4 Å². The van der Waals surface area contributed by atoms with Gasteiger partial charge in [-0.2, -0.15) is 0 Å². The number of carbonyl (C=O) groups is 2. The highest BCUT2D eigenvalue weighted by atomic mass is 16.3. The minimum atomic E-state index is -0.180. The Morgan fingerprint density at radius 1 is 1.17 bits per heavy atom. The summed E-state index contributed by atoms with van der Waals surface area (Å²) in [6, 6.07) is 0.469. The maximum atomic E-state index is 11.4. The summed E-state index contributed by atoms with van der Waals surface area (Å²) in [6.07, 6.45) is 6.84. The van der Waals surface area contributed by atoms with E-state index in [-0.39, 0.29) is 18.4 Å². The summed E-state index contributed by atoms with van der Waals surface area (Å²) in [5, 5.41) is 12.0. The van der Waals surface area contributed by atoms with Crippen molar-refractivity contribution < 1.29 is 14.7 Å². The second-order valence-electron chi connectivity index (χ2n) is 5.02. The van der Waals surface area contributed by atoms with Crippen LogP contribution in [0.4, 0.5) is 0 Å². The summed E-state index contributed by atoms with van der Waals surface area (Å²) in [5.41, 5.74) is 0. The third-order valence-electron chi connectivity index (χ3n) is 3.73. The first-order chi connectivity index (χ1) is 8.70. The van der Waals surface area contributed by atoms with Crippen molar-refractivity contribution in [2.24, 2.45) is 5.92 Å². The largest absolute Gasteiger partial charge is 0.395 e. The van der Waals surface area contributed by atoms with Crippen molar-refractivity contribution in [3.63, 3.8) is 0 Å². The summed E-state index contributed by atoms with van der Waals surface area (Å²) in [5.74, 6) is 0.0611. The SMILES string of the molecule is O=C1C=CC(=O)N1CC1CCC(NCCO)CC1. The molecule has 0 aromatic carbocycles. The maximum absolute atomic E-state index is 11.4. The van der Waals surface area contributed by atoms with E-state index in [9.17, 15) is 9.59 Å². The summed E-state index contributed by atoms with van der Waals surface area (Å²) in [4.78, 5) is 24.2. The van der Waals surface area contributed by atoms with Crippen LogP contribution < -0.4 is 5.32 Å². The monoisotopic (exact) mass is 252 g/mol. The molecule has 1 fully saturated rings. The lowest BCUT2D eigenvalue weighted by atomic mass is 9.85. The normalized spacial score (nSPS) is 28.2. The number of aliphatic hydroxyl groups excluding tert-OH is 1. The number of rotatable bonds is 5. The van der Waals surface area contributed by atoms with E-state index in [0.29, 0.717) is 25.0 Å². The topological polar surface area (TPSA) is 69.6 Å². The quantitative estimate of drug-likeness (QED) is 0.678. The molecule has 0 unspecified atom stereocenters. The summed E-state index contributed by atoms with van der Waals surface area (Å²) in [6.45, 7) is 1.36. The molecule has 0 aromatic rings. The zero-order valence-corrected chi connectivity index (χ0v) is 10.5. The fourth-order valence-corrected chi connectivity index (χ4v) is 2.69. The molecule has 0 bridgehead atoms. The summed E-state index contributed by atoms with van der Waals surface area (Å²) < 4.78 is 0. The Morgan fingerprint density at radius 2 is 1.78 bits per heavy atom. The Labute approximate surface area is 107 Å². The minimum Gasteiger partial charge on any atom is -0.395 e. The molecular formula is C13H20N2O3. The van der Waals surface area contributed by atoms with E-state index in [1.807, 2.05) is 0 Å². The second kappa shape index (κ2) is 6.11. The maximum Gasteiger partial charge on any atom is 0.253 e. The van der Waals surface area contributed by atoms with Crippen LogP contribution in [0.2, 0.25) is 0 Å². The van der Waals surface area contributed by atoms with Gasteiger partial charge in [0, 0.05) is 31.3 Å². The number of amides is 2. The van der Waals surface area contributed by atoms with Gasteiger partial charge in [-0.3, -0.25) is 14.5 Å². The average Bonchev–Trinajstić information content (AvgIpc) is 2.70. The molecule has 1 aliphatic carbocycles. The van der Waals surface area contributed by atoms with Gasteiger partial charge in [-0.15, -0.1) is 0 Å². The van der Waals surface area contributed by atoms with Crippen LogP contribution in [-0.4, -0.2) is 47.6 Å². The molecule has 5 nitrogen and oxygen atoms in total. The zero-order chi connectivity index (χ0) is 13.0. The van der Waals surface area contributed by atoms with Gasteiger partial charge in [0.15, 0.2) is 0 Å². The van der Waals surface area contributed by atoms with Gasteiger partial charge in [-0.05, 0) is 31.6 Å². The Balaban J connectivity index is 1.74. The van der Waals surface area contributed by atoms with Gasteiger partial charge in [0.1, 0.15) is 0 Å². The van der Waals surface area contributed by atoms with E-state index in [4.69, 9.17) is 5.11 Å².